The quantitative estimate of drug-likeness (QED) is 0.465. The topological polar surface area (TPSA) is 99.4 Å². The lowest BCUT2D eigenvalue weighted by molar-refractivity contribution is -0.117. The highest BCUT2D eigenvalue weighted by Gasteiger charge is 2.24. The second-order valence-corrected chi connectivity index (χ2v) is 7.63. The highest BCUT2D eigenvalue weighted by molar-refractivity contribution is 6.32. The first kappa shape index (κ1) is 23.3. The summed E-state index contributed by atoms with van der Waals surface area (Å²) in [6.07, 6.45) is 6.38. The highest BCUT2D eigenvalue weighted by atomic mass is 35.5. The molecule has 1 N–H and O–H groups in total. The molecule has 1 atom stereocenters. The first-order chi connectivity index (χ1) is 15.4. The summed E-state index contributed by atoms with van der Waals surface area (Å²) >= 11 is 6.27. The predicted molar refractivity (Wildman–Crippen MR) is 121 cm³/mol. The second-order valence-electron chi connectivity index (χ2n) is 7.22. The number of carbonyl (C=O) groups is 1. The number of halogens is 1. The van der Waals surface area contributed by atoms with E-state index >= 15 is 0 Å². The Bertz CT molecular complexity index is 1080. The van der Waals surface area contributed by atoms with Crippen LogP contribution in [-0.4, -0.2) is 34.7 Å². The van der Waals surface area contributed by atoms with E-state index in [4.69, 9.17) is 25.6 Å². The number of nitrogens with zero attached hydrogens (tertiary/aromatic N) is 3. The molecule has 0 aliphatic heterocycles. The summed E-state index contributed by atoms with van der Waals surface area (Å²) in [7, 11) is 1.52. The zero-order chi connectivity index (χ0) is 23.1. The Morgan fingerprint density at radius 1 is 1.28 bits per heavy atom. The van der Waals surface area contributed by atoms with Crippen LogP contribution < -0.4 is 14.8 Å². The first-order valence-corrected chi connectivity index (χ1v) is 10.5. The van der Waals surface area contributed by atoms with Crippen molar-refractivity contribution in [1.29, 1.82) is 0 Å². The molecule has 1 aromatic carbocycles. The van der Waals surface area contributed by atoms with E-state index in [1.54, 1.807) is 42.7 Å². The minimum Gasteiger partial charge on any atom is -0.491 e. The molecule has 0 saturated heterocycles. The van der Waals surface area contributed by atoms with Crippen molar-refractivity contribution in [1.82, 2.24) is 20.4 Å². The normalized spacial score (nSPS) is 12.2. The molecule has 0 radical (unpaired) electrons. The van der Waals surface area contributed by atoms with E-state index in [0.29, 0.717) is 40.4 Å². The molecule has 0 aliphatic carbocycles. The smallest absolute Gasteiger partial charge is 0.249 e. The molecule has 2 aromatic heterocycles. The van der Waals surface area contributed by atoms with E-state index in [9.17, 15) is 4.79 Å². The van der Waals surface area contributed by atoms with Gasteiger partial charge in [-0.25, -0.2) is 0 Å². The maximum Gasteiger partial charge on any atom is 0.249 e. The SMILES string of the molecule is CCOc1cc(/C=C\C(=O)N[C@@H](c2nc(-c3ccncc3)no2)C(C)C)cc(Cl)c1OC. The number of methoxy groups -OCH3 is 1. The summed E-state index contributed by atoms with van der Waals surface area (Å²) in [5, 5.41) is 7.34. The summed E-state index contributed by atoms with van der Waals surface area (Å²) in [6.45, 7) is 6.25. The molecular formula is C23H25ClN4O4. The third kappa shape index (κ3) is 5.64. The van der Waals surface area contributed by atoms with Gasteiger partial charge in [0.05, 0.1) is 18.7 Å². The van der Waals surface area contributed by atoms with Crippen LogP contribution in [-0.2, 0) is 4.79 Å². The Morgan fingerprint density at radius 2 is 2.03 bits per heavy atom. The number of nitrogens with one attached hydrogen (secondary N) is 1. The summed E-state index contributed by atoms with van der Waals surface area (Å²) < 4.78 is 16.3. The van der Waals surface area contributed by atoms with E-state index < -0.39 is 6.04 Å². The molecule has 0 aliphatic rings. The van der Waals surface area contributed by atoms with Crippen LogP contribution in [0.25, 0.3) is 17.5 Å². The van der Waals surface area contributed by atoms with Crippen molar-refractivity contribution in [3.63, 3.8) is 0 Å². The van der Waals surface area contributed by atoms with Gasteiger partial charge in [0.15, 0.2) is 11.5 Å². The number of hydrogen-bond donors (Lipinski definition) is 1. The third-order valence-corrected chi connectivity index (χ3v) is 4.85. The van der Waals surface area contributed by atoms with Gasteiger partial charge in [-0.3, -0.25) is 9.78 Å². The minimum atomic E-state index is -0.450. The van der Waals surface area contributed by atoms with Gasteiger partial charge >= 0.3 is 0 Å². The standard InChI is InChI=1S/C23H25ClN4O4/c1-5-31-18-13-15(12-17(24)21(18)30-4)6-7-19(29)26-20(14(2)3)23-27-22(28-32-23)16-8-10-25-11-9-16/h6-14,20H,5H2,1-4H3,(H,26,29)/b7-6-/t20-/m1/s1. The third-order valence-electron chi connectivity index (χ3n) is 4.57. The lowest BCUT2D eigenvalue weighted by Gasteiger charge is -2.17. The van der Waals surface area contributed by atoms with E-state index in [1.165, 1.54) is 13.2 Å². The molecule has 0 fully saturated rings. The van der Waals surface area contributed by atoms with E-state index in [-0.39, 0.29) is 11.8 Å². The second kappa shape index (κ2) is 10.8. The Labute approximate surface area is 191 Å². The zero-order valence-corrected chi connectivity index (χ0v) is 19.1. The minimum absolute atomic E-state index is 0.0260. The van der Waals surface area contributed by atoms with Crippen LogP contribution in [0, 0.1) is 5.92 Å². The van der Waals surface area contributed by atoms with Crippen LogP contribution in [0.5, 0.6) is 11.5 Å². The van der Waals surface area contributed by atoms with Gasteiger partial charge in [0.25, 0.3) is 0 Å². The van der Waals surface area contributed by atoms with Crippen LogP contribution in [0.2, 0.25) is 5.02 Å². The number of rotatable bonds is 9. The summed E-state index contributed by atoms with van der Waals surface area (Å²) in [6, 6.07) is 6.59. The molecule has 0 spiro atoms. The lowest BCUT2D eigenvalue weighted by atomic mass is 10.0. The zero-order valence-electron chi connectivity index (χ0n) is 18.3. The predicted octanol–water partition coefficient (Wildman–Crippen LogP) is 4.72. The van der Waals surface area contributed by atoms with E-state index in [1.807, 2.05) is 20.8 Å². The van der Waals surface area contributed by atoms with Crippen molar-refractivity contribution in [2.24, 2.45) is 5.92 Å². The van der Waals surface area contributed by atoms with Gasteiger partial charge in [-0.1, -0.05) is 30.6 Å². The molecule has 0 bridgehead atoms. The molecule has 9 heteroatoms. The Balaban J connectivity index is 1.75. The Morgan fingerprint density at radius 3 is 2.69 bits per heavy atom. The van der Waals surface area contributed by atoms with Crippen molar-refractivity contribution in [2.75, 3.05) is 13.7 Å². The molecule has 168 valence electrons. The Kier molecular flexibility index (Phi) is 7.83. The summed E-state index contributed by atoms with van der Waals surface area (Å²) in [5.74, 6) is 1.46. The number of aromatic nitrogens is 3. The average molecular weight is 457 g/mol. The van der Waals surface area contributed by atoms with Crippen molar-refractivity contribution in [3.8, 4) is 22.9 Å². The highest BCUT2D eigenvalue weighted by Crippen LogP contribution is 2.36. The van der Waals surface area contributed by atoms with E-state index in [2.05, 4.69) is 20.4 Å². The van der Waals surface area contributed by atoms with Gasteiger partial charge in [-0.2, -0.15) is 4.98 Å². The molecule has 32 heavy (non-hydrogen) atoms. The number of ether oxygens (including phenoxy) is 2. The Hall–Kier alpha value is -3.39. The molecule has 8 nitrogen and oxygen atoms in total. The fourth-order valence-corrected chi connectivity index (χ4v) is 3.31. The van der Waals surface area contributed by atoms with Crippen molar-refractivity contribution in [2.45, 2.75) is 26.8 Å². The van der Waals surface area contributed by atoms with Crippen LogP contribution >= 0.6 is 11.6 Å². The van der Waals surface area contributed by atoms with Crippen LogP contribution in [0.1, 0.15) is 38.3 Å². The fourth-order valence-electron chi connectivity index (χ4n) is 3.01. The maximum absolute atomic E-state index is 12.6. The molecule has 0 saturated carbocycles. The largest absolute Gasteiger partial charge is 0.491 e. The van der Waals surface area contributed by atoms with Gasteiger partial charge in [0.2, 0.25) is 17.6 Å². The number of benzene rings is 1. The summed E-state index contributed by atoms with van der Waals surface area (Å²) in [5.41, 5.74) is 1.48. The number of pyridine rings is 1. The molecule has 0 unspecified atom stereocenters. The number of hydrogen-bond acceptors (Lipinski definition) is 7. The molecule has 1 amide bonds. The lowest BCUT2D eigenvalue weighted by Crippen LogP contribution is -2.30. The van der Waals surface area contributed by atoms with Gasteiger partial charge in [-0.15, -0.1) is 0 Å². The molecule has 3 rings (SSSR count). The molecule has 3 aromatic rings. The molecule has 2 heterocycles. The van der Waals surface area contributed by atoms with Crippen molar-refractivity contribution >= 4 is 23.6 Å². The first-order valence-electron chi connectivity index (χ1n) is 10.2. The van der Waals surface area contributed by atoms with Gasteiger partial charge in [0, 0.05) is 24.0 Å². The molecular weight excluding hydrogens is 432 g/mol. The van der Waals surface area contributed by atoms with Gasteiger partial charge in [-0.05, 0) is 48.7 Å². The number of carbonyl (C=O) groups excluding carboxylic acids is 1. The number of amides is 1. The fraction of sp³-hybridized carbons (Fsp3) is 0.304. The van der Waals surface area contributed by atoms with Gasteiger partial charge in [0.1, 0.15) is 6.04 Å². The maximum atomic E-state index is 12.6. The summed E-state index contributed by atoms with van der Waals surface area (Å²) in [4.78, 5) is 21.0. The van der Waals surface area contributed by atoms with Crippen LogP contribution in [0.15, 0.2) is 47.3 Å². The van der Waals surface area contributed by atoms with Crippen LogP contribution in [0.3, 0.4) is 0 Å². The average Bonchev–Trinajstić information content (AvgIpc) is 3.26. The van der Waals surface area contributed by atoms with Crippen molar-refractivity contribution < 1.29 is 18.8 Å². The van der Waals surface area contributed by atoms with Crippen LogP contribution in [0.4, 0.5) is 0 Å². The van der Waals surface area contributed by atoms with Crippen molar-refractivity contribution in [3.05, 3.63) is 59.2 Å². The monoisotopic (exact) mass is 456 g/mol. The van der Waals surface area contributed by atoms with Gasteiger partial charge < -0.3 is 19.3 Å². The van der Waals surface area contributed by atoms with E-state index in [0.717, 1.165) is 5.56 Å².